The summed E-state index contributed by atoms with van der Waals surface area (Å²) in [5, 5.41) is 8.65. The number of imidazole rings is 1. The Morgan fingerprint density at radius 3 is 2.95 bits per heavy atom. The van der Waals surface area contributed by atoms with Crippen molar-refractivity contribution in [3.63, 3.8) is 0 Å². The van der Waals surface area contributed by atoms with Gasteiger partial charge in [-0.15, -0.1) is 0 Å². The number of rotatable bonds is 2. The van der Waals surface area contributed by atoms with Crippen molar-refractivity contribution in [3.8, 4) is 29.0 Å². The first-order valence-electron chi connectivity index (χ1n) is 6.17. The highest BCUT2D eigenvalue weighted by Gasteiger charge is 2.12. The predicted octanol–water partition coefficient (Wildman–Crippen LogP) is 2.30. The third-order valence-corrected chi connectivity index (χ3v) is 2.92. The Morgan fingerprint density at radius 2 is 2.11 bits per heavy atom. The summed E-state index contributed by atoms with van der Waals surface area (Å²) < 4.78 is 11.2. The van der Waals surface area contributed by atoms with E-state index in [0.717, 1.165) is 35.0 Å². The number of nitrogens with zero attached hydrogens (tertiary/aromatic N) is 2. The first kappa shape index (κ1) is 11.6. The molecular weight excluding hydrogens is 242 g/mol. The normalized spacial score (nSPS) is 13.6. The maximum Gasteiger partial charge on any atom is 0.161 e. The van der Waals surface area contributed by atoms with E-state index < -0.39 is 0 Å². The molecule has 3 rings (SSSR count). The van der Waals surface area contributed by atoms with Gasteiger partial charge in [-0.05, 0) is 18.2 Å². The monoisotopic (exact) mass is 255 g/mol. The molecule has 0 atom stereocenters. The Labute approximate surface area is 110 Å². The molecule has 2 heterocycles. The Kier molecular flexibility index (Phi) is 3.07. The molecule has 5 nitrogen and oxygen atoms in total. The number of nitriles is 1. The minimum atomic E-state index is 0.331. The Morgan fingerprint density at radius 1 is 1.26 bits per heavy atom. The lowest BCUT2D eigenvalue weighted by Gasteiger charge is -2.08. The zero-order chi connectivity index (χ0) is 13.1. The fourth-order valence-corrected chi connectivity index (χ4v) is 1.99. The standard InChI is InChI=1S/C14H13N3O2/c15-5-4-11-9-16-14(17-11)10-2-3-12-13(8-10)19-7-1-6-18-12/h2-3,8-9H,1,4,6-7H2,(H,16,17). The van der Waals surface area contributed by atoms with Gasteiger partial charge in [0.05, 0.1) is 25.7 Å². The first-order chi connectivity index (χ1) is 9.36. The van der Waals surface area contributed by atoms with Crippen LogP contribution in [0.3, 0.4) is 0 Å². The summed E-state index contributed by atoms with van der Waals surface area (Å²) >= 11 is 0. The van der Waals surface area contributed by atoms with Crippen LogP contribution in [-0.2, 0) is 6.42 Å². The molecule has 0 amide bonds. The minimum absolute atomic E-state index is 0.331. The van der Waals surface area contributed by atoms with E-state index in [2.05, 4.69) is 16.0 Å². The second kappa shape index (κ2) is 5.02. The Balaban J connectivity index is 1.92. The van der Waals surface area contributed by atoms with Crippen LogP contribution in [0.4, 0.5) is 0 Å². The van der Waals surface area contributed by atoms with Gasteiger partial charge < -0.3 is 14.5 Å². The number of hydrogen-bond donors (Lipinski definition) is 1. The second-order valence-electron chi connectivity index (χ2n) is 4.30. The maximum absolute atomic E-state index is 8.65. The average molecular weight is 255 g/mol. The number of H-pyrrole nitrogens is 1. The zero-order valence-electron chi connectivity index (χ0n) is 10.3. The molecule has 96 valence electrons. The summed E-state index contributed by atoms with van der Waals surface area (Å²) in [4.78, 5) is 7.40. The van der Waals surface area contributed by atoms with Crippen molar-refractivity contribution in [2.45, 2.75) is 12.8 Å². The molecule has 0 saturated heterocycles. The van der Waals surface area contributed by atoms with E-state index in [4.69, 9.17) is 14.7 Å². The number of fused-ring (bicyclic) bond motifs is 1. The third kappa shape index (κ3) is 2.38. The summed E-state index contributed by atoms with van der Waals surface area (Å²) in [5.41, 5.74) is 1.73. The summed E-state index contributed by atoms with van der Waals surface area (Å²) in [6.07, 6.45) is 2.90. The lowest BCUT2D eigenvalue weighted by atomic mass is 10.2. The van der Waals surface area contributed by atoms with E-state index in [0.29, 0.717) is 19.6 Å². The van der Waals surface area contributed by atoms with Crippen LogP contribution in [0.25, 0.3) is 11.4 Å². The van der Waals surface area contributed by atoms with Gasteiger partial charge in [0, 0.05) is 23.9 Å². The summed E-state index contributed by atoms with van der Waals surface area (Å²) in [5.74, 6) is 2.25. The number of hydrogen-bond acceptors (Lipinski definition) is 4. The van der Waals surface area contributed by atoms with Gasteiger partial charge in [-0.1, -0.05) is 0 Å². The predicted molar refractivity (Wildman–Crippen MR) is 68.9 cm³/mol. The van der Waals surface area contributed by atoms with E-state index in [1.165, 1.54) is 0 Å². The van der Waals surface area contributed by atoms with Gasteiger partial charge in [0.2, 0.25) is 0 Å². The van der Waals surface area contributed by atoms with E-state index in [-0.39, 0.29) is 0 Å². The summed E-state index contributed by atoms with van der Waals surface area (Å²) in [7, 11) is 0. The number of aromatic nitrogens is 2. The van der Waals surface area contributed by atoms with E-state index >= 15 is 0 Å². The summed E-state index contributed by atoms with van der Waals surface area (Å²) in [6, 6.07) is 7.83. The molecule has 1 aliphatic heterocycles. The molecule has 1 aromatic carbocycles. The van der Waals surface area contributed by atoms with Crippen molar-refractivity contribution in [1.29, 1.82) is 5.26 Å². The third-order valence-electron chi connectivity index (χ3n) is 2.92. The van der Waals surface area contributed by atoms with Crippen LogP contribution >= 0.6 is 0 Å². The zero-order valence-corrected chi connectivity index (χ0v) is 10.3. The van der Waals surface area contributed by atoms with Gasteiger partial charge in [-0.2, -0.15) is 5.26 Å². The molecule has 0 aliphatic carbocycles. The van der Waals surface area contributed by atoms with Crippen molar-refractivity contribution >= 4 is 0 Å². The molecule has 5 heteroatoms. The molecule has 1 aromatic heterocycles. The van der Waals surface area contributed by atoms with E-state index in [1.807, 2.05) is 18.2 Å². The van der Waals surface area contributed by atoms with Gasteiger partial charge in [0.15, 0.2) is 11.5 Å². The number of benzene rings is 1. The molecule has 1 aliphatic rings. The molecule has 19 heavy (non-hydrogen) atoms. The van der Waals surface area contributed by atoms with E-state index in [9.17, 15) is 0 Å². The van der Waals surface area contributed by atoms with Crippen LogP contribution in [0.2, 0.25) is 0 Å². The second-order valence-corrected chi connectivity index (χ2v) is 4.30. The van der Waals surface area contributed by atoms with Crippen LogP contribution in [0.1, 0.15) is 12.1 Å². The fraction of sp³-hybridized carbons (Fsp3) is 0.286. The quantitative estimate of drug-likeness (QED) is 0.893. The van der Waals surface area contributed by atoms with Crippen molar-refractivity contribution in [3.05, 3.63) is 30.1 Å². The highest BCUT2D eigenvalue weighted by atomic mass is 16.5. The molecule has 0 saturated carbocycles. The summed E-state index contributed by atoms with van der Waals surface area (Å²) in [6.45, 7) is 1.34. The van der Waals surface area contributed by atoms with Crippen molar-refractivity contribution in [2.24, 2.45) is 0 Å². The number of aromatic amines is 1. The van der Waals surface area contributed by atoms with Crippen LogP contribution in [0.15, 0.2) is 24.4 Å². The van der Waals surface area contributed by atoms with Gasteiger partial charge in [-0.25, -0.2) is 4.98 Å². The first-order valence-corrected chi connectivity index (χ1v) is 6.17. The average Bonchev–Trinajstić information content (AvgIpc) is 2.76. The van der Waals surface area contributed by atoms with Gasteiger partial charge in [0.1, 0.15) is 5.82 Å². The van der Waals surface area contributed by atoms with Gasteiger partial charge in [-0.3, -0.25) is 0 Å². The highest BCUT2D eigenvalue weighted by Crippen LogP contribution is 2.33. The van der Waals surface area contributed by atoms with Crippen LogP contribution in [0.5, 0.6) is 11.5 Å². The minimum Gasteiger partial charge on any atom is -0.490 e. The largest absolute Gasteiger partial charge is 0.490 e. The van der Waals surface area contributed by atoms with Gasteiger partial charge >= 0.3 is 0 Å². The van der Waals surface area contributed by atoms with E-state index in [1.54, 1.807) is 6.20 Å². The van der Waals surface area contributed by atoms with Crippen LogP contribution in [0, 0.1) is 11.3 Å². The molecule has 0 radical (unpaired) electrons. The molecular formula is C14H13N3O2. The van der Waals surface area contributed by atoms with Crippen molar-refractivity contribution in [1.82, 2.24) is 9.97 Å². The Hall–Kier alpha value is -2.48. The molecule has 0 spiro atoms. The number of nitrogens with one attached hydrogen (secondary N) is 1. The SMILES string of the molecule is N#CCc1cnc(-c2ccc3c(c2)OCCCO3)[nH]1. The molecule has 2 aromatic rings. The fourth-order valence-electron chi connectivity index (χ4n) is 1.99. The number of ether oxygens (including phenoxy) is 2. The molecule has 0 unspecified atom stereocenters. The topological polar surface area (TPSA) is 70.9 Å². The Bertz CT molecular complexity index is 628. The van der Waals surface area contributed by atoms with Crippen LogP contribution in [-0.4, -0.2) is 23.2 Å². The highest BCUT2D eigenvalue weighted by molar-refractivity contribution is 5.61. The molecule has 0 bridgehead atoms. The smallest absolute Gasteiger partial charge is 0.161 e. The molecule has 0 fully saturated rings. The van der Waals surface area contributed by atoms with Crippen LogP contribution < -0.4 is 9.47 Å². The lowest BCUT2D eigenvalue weighted by molar-refractivity contribution is 0.297. The lowest BCUT2D eigenvalue weighted by Crippen LogP contribution is -1.97. The maximum atomic E-state index is 8.65. The van der Waals surface area contributed by atoms with Crippen molar-refractivity contribution in [2.75, 3.05) is 13.2 Å². The molecule has 1 N–H and O–H groups in total. The van der Waals surface area contributed by atoms with Gasteiger partial charge in [0.25, 0.3) is 0 Å². The van der Waals surface area contributed by atoms with Crippen molar-refractivity contribution < 1.29 is 9.47 Å².